The molecule has 0 saturated heterocycles. The van der Waals surface area contributed by atoms with Crippen molar-refractivity contribution in [1.82, 2.24) is 4.90 Å². The summed E-state index contributed by atoms with van der Waals surface area (Å²) in [5, 5.41) is 9.73. The van der Waals surface area contributed by atoms with Gasteiger partial charge >= 0.3 is 6.09 Å². The van der Waals surface area contributed by atoms with Gasteiger partial charge in [-0.15, -0.1) is 0 Å². The first-order chi connectivity index (χ1) is 10.1. The summed E-state index contributed by atoms with van der Waals surface area (Å²) < 4.78 is 5.86. The highest BCUT2D eigenvalue weighted by Gasteiger charge is 2.30. The number of carboxylic acid groups (broad SMARTS) is 1. The third-order valence-corrected chi connectivity index (χ3v) is 3.85. The number of likely N-dealkylation sites (N-methyl/N-ethyl adjacent to an activating group) is 1. The Morgan fingerprint density at radius 1 is 1.33 bits per heavy atom. The normalized spacial score (nSPS) is 16.2. The summed E-state index contributed by atoms with van der Waals surface area (Å²) in [4.78, 5) is 12.2. The maximum absolute atomic E-state index is 11.1. The Kier molecular flexibility index (Phi) is 3.47. The Morgan fingerprint density at radius 3 is 2.81 bits per heavy atom. The molecule has 0 bridgehead atoms. The number of ether oxygens (including phenoxy) is 1. The zero-order valence-electron chi connectivity index (χ0n) is 11.4. The molecule has 0 saturated carbocycles. The van der Waals surface area contributed by atoms with Crippen LogP contribution in [0.25, 0.3) is 11.1 Å². The van der Waals surface area contributed by atoms with Crippen LogP contribution in [-0.2, 0) is 6.42 Å². The molecule has 21 heavy (non-hydrogen) atoms. The van der Waals surface area contributed by atoms with Gasteiger partial charge in [-0.3, -0.25) is 4.90 Å². The highest BCUT2D eigenvalue weighted by Crippen LogP contribution is 2.39. The Bertz CT molecular complexity index is 702. The lowest BCUT2D eigenvalue weighted by Gasteiger charge is -2.21. The van der Waals surface area contributed by atoms with E-state index in [-0.39, 0.29) is 0 Å². The number of hydrogen-bond acceptors (Lipinski definition) is 2. The average Bonchev–Trinajstić information content (AvgIpc) is 2.90. The molecule has 1 amide bonds. The molecular weight excluding hydrogens is 290 g/mol. The van der Waals surface area contributed by atoms with E-state index < -0.39 is 12.3 Å². The summed E-state index contributed by atoms with van der Waals surface area (Å²) >= 11 is 6.04. The Hall–Kier alpha value is -2.20. The minimum atomic E-state index is -1.00. The Morgan fingerprint density at radius 2 is 2.10 bits per heavy atom. The van der Waals surface area contributed by atoms with Crippen LogP contribution in [0, 0.1) is 0 Å². The lowest BCUT2D eigenvalue weighted by Crippen LogP contribution is -2.38. The molecule has 3 rings (SSSR count). The number of halogens is 1. The maximum Gasteiger partial charge on any atom is 0.409 e. The molecule has 2 aromatic carbocycles. The van der Waals surface area contributed by atoms with Gasteiger partial charge in [-0.2, -0.15) is 0 Å². The van der Waals surface area contributed by atoms with Crippen molar-refractivity contribution in [2.45, 2.75) is 12.6 Å². The van der Waals surface area contributed by atoms with E-state index >= 15 is 0 Å². The van der Waals surface area contributed by atoms with Crippen molar-refractivity contribution < 1.29 is 14.6 Å². The highest BCUT2D eigenvalue weighted by atomic mass is 35.5. The van der Waals surface area contributed by atoms with Gasteiger partial charge in [0, 0.05) is 29.6 Å². The van der Waals surface area contributed by atoms with Gasteiger partial charge in [0.25, 0.3) is 0 Å². The van der Waals surface area contributed by atoms with Crippen LogP contribution in [0.15, 0.2) is 42.5 Å². The number of rotatable bonds is 2. The summed E-state index contributed by atoms with van der Waals surface area (Å²) in [5.41, 5.74) is 2.89. The number of para-hydroxylation sites is 1. The van der Waals surface area contributed by atoms with Crippen molar-refractivity contribution in [3.63, 3.8) is 0 Å². The molecule has 108 valence electrons. The molecule has 1 N–H and O–H groups in total. The SMILES string of the molecule is CN(C(=O)O)C1Cc2cccc(-c3cccc(Cl)c3)c2O1. The van der Waals surface area contributed by atoms with E-state index in [0.717, 1.165) is 22.4 Å². The van der Waals surface area contributed by atoms with E-state index in [0.29, 0.717) is 11.4 Å². The second-order valence-electron chi connectivity index (χ2n) is 4.97. The predicted octanol–water partition coefficient (Wildman–Crippen LogP) is 3.88. The van der Waals surface area contributed by atoms with Gasteiger partial charge in [-0.1, -0.05) is 41.9 Å². The number of fused-ring (bicyclic) bond motifs is 1. The summed E-state index contributed by atoms with van der Waals surface area (Å²) in [6.07, 6.45) is -0.943. The van der Waals surface area contributed by atoms with E-state index in [1.54, 1.807) is 0 Å². The second-order valence-corrected chi connectivity index (χ2v) is 5.41. The largest absolute Gasteiger partial charge is 0.469 e. The summed E-state index contributed by atoms with van der Waals surface area (Å²) in [5.74, 6) is 0.734. The van der Waals surface area contributed by atoms with Gasteiger partial charge in [-0.25, -0.2) is 4.79 Å². The third-order valence-electron chi connectivity index (χ3n) is 3.61. The topological polar surface area (TPSA) is 49.8 Å². The highest BCUT2D eigenvalue weighted by molar-refractivity contribution is 6.30. The van der Waals surface area contributed by atoms with E-state index in [4.69, 9.17) is 21.4 Å². The molecule has 2 aromatic rings. The fourth-order valence-corrected chi connectivity index (χ4v) is 2.66. The van der Waals surface area contributed by atoms with Gasteiger partial charge in [0.05, 0.1) is 0 Å². The smallest absolute Gasteiger partial charge is 0.409 e. The van der Waals surface area contributed by atoms with Crippen molar-refractivity contribution in [3.05, 3.63) is 53.1 Å². The summed E-state index contributed by atoms with van der Waals surface area (Å²) in [6, 6.07) is 13.4. The fourth-order valence-electron chi connectivity index (χ4n) is 2.47. The van der Waals surface area contributed by atoms with Crippen LogP contribution in [0.4, 0.5) is 4.79 Å². The van der Waals surface area contributed by atoms with E-state index in [2.05, 4.69) is 0 Å². The average molecular weight is 304 g/mol. The number of amides is 1. The molecule has 0 fully saturated rings. The van der Waals surface area contributed by atoms with Gasteiger partial charge in [0.1, 0.15) is 5.75 Å². The van der Waals surface area contributed by atoms with Crippen LogP contribution >= 0.6 is 11.6 Å². The minimum absolute atomic E-state index is 0.488. The molecule has 1 heterocycles. The van der Waals surface area contributed by atoms with Crippen molar-refractivity contribution in [2.24, 2.45) is 0 Å². The second kappa shape index (κ2) is 5.30. The van der Waals surface area contributed by atoms with Crippen molar-refractivity contribution in [1.29, 1.82) is 0 Å². The first-order valence-electron chi connectivity index (χ1n) is 6.56. The number of carbonyl (C=O) groups is 1. The molecule has 0 aliphatic carbocycles. The Labute approximate surface area is 127 Å². The van der Waals surface area contributed by atoms with Crippen LogP contribution in [0.3, 0.4) is 0 Å². The van der Waals surface area contributed by atoms with Gasteiger partial charge in [0.2, 0.25) is 0 Å². The molecular formula is C16H14ClNO3. The molecule has 1 unspecified atom stereocenters. The lowest BCUT2D eigenvalue weighted by molar-refractivity contribution is 0.0610. The predicted molar refractivity (Wildman–Crippen MR) is 80.8 cm³/mol. The standard InChI is InChI=1S/C16H14ClNO3/c1-18(16(19)20)14-9-11-5-3-7-13(15(11)21-14)10-4-2-6-12(17)8-10/h2-8,14H,9H2,1H3,(H,19,20). The molecule has 0 radical (unpaired) electrons. The van der Waals surface area contributed by atoms with Gasteiger partial charge < -0.3 is 9.84 Å². The first-order valence-corrected chi connectivity index (χ1v) is 6.94. The summed E-state index contributed by atoms with van der Waals surface area (Å²) in [7, 11) is 1.51. The van der Waals surface area contributed by atoms with Crippen LogP contribution in [0.5, 0.6) is 5.75 Å². The molecule has 5 heteroatoms. The first kappa shape index (κ1) is 13.8. The zero-order valence-corrected chi connectivity index (χ0v) is 12.2. The molecule has 0 spiro atoms. The monoisotopic (exact) mass is 303 g/mol. The number of nitrogens with zero attached hydrogens (tertiary/aromatic N) is 1. The van der Waals surface area contributed by atoms with Crippen molar-refractivity contribution in [2.75, 3.05) is 7.05 Å². The van der Waals surface area contributed by atoms with Crippen LogP contribution < -0.4 is 4.74 Å². The Balaban J connectivity index is 1.98. The number of benzene rings is 2. The maximum atomic E-state index is 11.1. The van der Waals surface area contributed by atoms with Gasteiger partial charge in [0.15, 0.2) is 6.23 Å². The molecule has 0 aromatic heterocycles. The van der Waals surface area contributed by atoms with E-state index in [9.17, 15) is 4.79 Å². The van der Waals surface area contributed by atoms with Gasteiger partial charge in [-0.05, 0) is 17.7 Å². The van der Waals surface area contributed by atoms with E-state index in [1.807, 2.05) is 42.5 Å². The fraction of sp³-hybridized carbons (Fsp3) is 0.188. The number of hydrogen-bond donors (Lipinski definition) is 1. The van der Waals surface area contributed by atoms with E-state index in [1.165, 1.54) is 11.9 Å². The summed E-state index contributed by atoms with van der Waals surface area (Å²) in [6.45, 7) is 0. The minimum Gasteiger partial charge on any atom is -0.469 e. The molecule has 4 nitrogen and oxygen atoms in total. The van der Waals surface area contributed by atoms with Crippen molar-refractivity contribution >= 4 is 17.7 Å². The van der Waals surface area contributed by atoms with Crippen LogP contribution in [0.1, 0.15) is 5.56 Å². The quantitative estimate of drug-likeness (QED) is 0.916. The third kappa shape index (κ3) is 2.54. The molecule has 1 aliphatic rings. The van der Waals surface area contributed by atoms with Crippen molar-refractivity contribution in [3.8, 4) is 16.9 Å². The molecule has 1 atom stereocenters. The van der Waals surface area contributed by atoms with Crippen LogP contribution in [-0.4, -0.2) is 29.4 Å². The zero-order chi connectivity index (χ0) is 15.0. The molecule has 1 aliphatic heterocycles. The van der Waals surface area contributed by atoms with Crippen LogP contribution in [0.2, 0.25) is 5.02 Å². The lowest BCUT2D eigenvalue weighted by atomic mass is 10.0.